The number of anilines is 1. The highest BCUT2D eigenvalue weighted by molar-refractivity contribution is 9.10. The van der Waals surface area contributed by atoms with Crippen molar-refractivity contribution in [1.29, 1.82) is 0 Å². The number of hydrogen-bond acceptors (Lipinski definition) is 4. The minimum Gasteiger partial charge on any atom is -0.481 e. The van der Waals surface area contributed by atoms with Gasteiger partial charge in [0.25, 0.3) is 5.69 Å². The second kappa shape index (κ2) is 5.16. The van der Waals surface area contributed by atoms with Crippen LogP contribution in [0.5, 0.6) is 0 Å². The van der Waals surface area contributed by atoms with E-state index in [-0.39, 0.29) is 12.1 Å². The lowest BCUT2D eigenvalue weighted by atomic mass is 9.74. The lowest BCUT2D eigenvalue weighted by Gasteiger charge is -2.42. The van der Waals surface area contributed by atoms with E-state index in [1.54, 1.807) is 12.1 Å². The highest BCUT2D eigenvalue weighted by Gasteiger charge is 2.40. The summed E-state index contributed by atoms with van der Waals surface area (Å²) in [5.41, 5.74) is -0.232. The normalized spacial score (nSPS) is 16.5. The van der Waals surface area contributed by atoms with Gasteiger partial charge in [-0.25, -0.2) is 0 Å². The molecule has 1 aliphatic rings. The van der Waals surface area contributed by atoms with Gasteiger partial charge in [0, 0.05) is 16.1 Å². The number of nitrogens with one attached hydrogen (secondary N) is 1. The molecule has 0 bridgehead atoms. The van der Waals surface area contributed by atoms with Crippen molar-refractivity contribution in [3.05, 3.63) is 32.8 Å². The zero-order valence-electron chi connectivity index (χ0n) is 10.1. The molecule has 0 amide bonds. The molecular weight excluding hydrogens is 316 g/mol. The summed E-state index contributed by atoms with van der Waals surface area (Å²) >= 11 is 3.19. The Morgan fingerprint density at radius 3 is 2.68 bits per heavy atom. The molecule has 0 aromatic heterocycles. The Bertz CT molecular complexity index is 528. The molecule has 0 atom stereocenters. The first-order chi connectivity index (χ1) is 8.92. The monoisotopic (exact) mass is 328 g/mol. The maximum absolute atomic E-state index is 11.0. The van der Waals surface area contributed by atoms with Crippen molar-refractivity contribution >= 4 is 33.3 Å². The minimum atomic E-state index is -0.896. The average molecular weight is 329 g/mol. The van der Waals surface area contributed by atoms with Crippen LogP contribution in [0.4, 0.5) is 11.4 Å². The summed E-state index contributed by atoms with van der Waals surface area (Å²) in [7, 11) is 0. The van der Waals surface area contributed by atoms with Crippen molar-refractivity contribution < 1.29 is 14.8 Å². The average Bonchev–Trinajstić information content (AvgIpc) is 2.27. The highest BCUT2D eigenvalue weighted by Crippen LogP contribution is 2.40. The van der Waals surface area contributed by atoms with Crippen molar-refractivity contribution in [2.75, 3.05) is 5.32 Å². The molecule has 0 saturated heterocycles. The molecule has 0 heterocycles. The Labute approximate surface area is 118 Å². The van der Waals surface area contributed by atoms with Crippen LogP contribution in [0.25, 0.3) is 0 Å². The predicted molar refractivity (Wildman–Crippen MR) is 73.3 cm³/mol. The quantitative estimate of drug-likeness (QED) is 0.639. The Kier molecular flexibility index (Phi) is 3.75. The first kappa shape index (κ1) is 13.8. The van der Waals surface area contributed by atoms with Gasteiger partial charge in [-0.05, 0) is 31.4 Å². The highest BCUT2D eigenvalue weighted by atomic mass is 79.9. The molecule has 0 spiro atoms. The second-order valence-electron chi connectivity index (χ2n) is 4.75. The van der Waals surface area contributed by atoms with E-state index >= 15 is 0 Å². The van der Waals surface area contributed by atoms with E-state index in [0.717, 1.165) is 6.42 Å². The minimum absolute atomic E-state index is 0.0276. The first-order valence-corrected chi connectivity index (χ1v) is 6.65. The Hall–Kier alpha value is -1.63. The van der Waals surface area contributed by atoms with Crippen molar-refractivity contribution in [1.82, 2.24) is 0 Å². The number of hydrogen-bond donors (Lipinski definition) is 2. The third kappa shape index (κ3) is 3.04. The summed E-state index contributed by atoms with van der Waals surface area (Å²) < 4.78 is 0.616. The van der Waals surface area contributed by atoms with Gasteiger partial charge < -0.3 is 10.4 Å². The van der Waals surface area contributed by atoms with Gasteiger partial charge in [0.1, 0.15) is 5.69 Å². The lowest BCUT2D eigenvalue weighted by molar-refractivity contribution is -0.384. The Balaban J connectivity index is 2.27. The van der Waals surface area contributed by atoms with Crippen LogP contribution in [0.2, 0.25) is 0 Å². The van der Waals surface area contributed by atoms with Gasteiger partial charge in [-0.2, -0.15) is 0 Å². The van der Waals surface area contributed by atoms with Crippen LogP contribution < -0.4 is 5.32 Å². The molecule has 7 heteroatoms. The molecular formula is C12H13BrN2O4. The number of nitro benzene ring substituents is 1. The summed E-state index contributed by atoms with van der Waals surface area (Å²) in [5.74, 6) is -0.896. The van der Waals surface area contributed by atoms with Gasteiger partial charge in [0.05, 0.1) is 11.3 Å². The van der Waals surface area contributed by atoms with Gasteiger partial charge in [0.2, 0.25) is 0 Å². The number of aliphatic carboxylic acids is 1. The number of carboxylic acids is 1. The maximum atomic E-state index is 11.0. The summed E-state index contributed by atoms with van der Waals surface area (Å²) in [4.78, 5) is 21.4. The largest absolute Gasteiger partial charge is 0.481 e. The summed E-state index contributed by atoms with van der Waals surface area (Å²) in [6, 6.07) is 4.71. The molecule has 2 N–H and O–H groups in total. The number of carbonyl (C=O) groups is 1. The fourth-order valence-corrected chi connectivity index (χ4v) is 2.64. The standard InChI is InChI=1S/C12H13BrN2O4/c13-8-2-3-9(10(6-8)15(18)19)14-12(4-1-5-12)7-11(16)17/h2-3,6,14H,1,4-5,7H2,(H,16,17). The van der Waals surface area contributed by atoms with E-state index in [1.165, 1.54) is 6.07 Å². The number of carboxylic acid groups (broad SMARTS) is 1. The number of rotatable bonds is 5. The Morgan fingerprint density at radius 2 is 2.21 bits per heavy atom. The summed E-state index contributed by atoms with van der Waals surface area (Å²) in [5, 5.41) is 23.0. The maximum Gasteiger partial charge on any atom is 0.305 e. The molecule has 19 heavy (non-hydrogen) atoms. The lowest BCUT2D eigenvalue weighted by Crippen LogP contribution is -2.46. The molecule has 0 unspecified atom stereocenters. The van der Waals surface area contributed by atoms with Crippen LogP contribution in [0.1, 0.15) is 25.7 Å². The van der Waals surface area contributed by atoms with Crippen LogP contribution in [-0.4, -0.2) is 21.5 Å². The SMILES string of the molecule is O=C(O)CC1(Nc2ccc(Br)cc2[N+](=O)[O-])CCC1. The van der Waals surface area contributed by atoms with Crippen LogP contribution in [-0.2, 0) is 4.79 Å². The molecule has 102 valence electrons. The van der Waals surface area contributed by atoms with Gasteiger partial charge >= 0.3 is 5.97 Å². The van der Waals surface area contributed by atoms with Gasteiger partial charge in [-0.1, -0.05) is 15.9 Å². The molecule has 1 aromatic rings. The van der Waals surface area contributed by atoms with Crippen LogP contribution >= 0.6 is 15.9 Å². The van der Waals surface area contributed by atoms with Crippen molar-refractivity contribution in [2.45, 2.75) is 31.2 Å². The molecule has 1 aromatic carbocycles. The molecule has 6 nitrogen and oxygen atoms in total. The Morgan fingerprint density at radius 1 is 1.53 bits per heavy atom. The third-order valence-corrected chi connectivity index (χ3v) is 3.85. The molecule has 0 aliphatic heterocycles. The number of nitro groups is 1. The van der Waals surface area contributed by atoms with Gasteiger partial charge in [0.15, 0.2) is 0 Å². The molecule has 1 aliphatic carbocycles. The topological polar surface area (TPSA) is 92.5 Å². The van der Waals surface area contributed by atoms with Crippen molar-refractivity contribution in [2.24, 2.45) is 0 Å². The molecule has 1 fully saturated rings. The fraction of sp³-hybridized carbons (Fsp3) is 0.417. The van der Waals surface area contributed by atoms with Crippen LogP contribution in [0.3, 0.4) is 0 Å². The van der Waals surface area contributed by atoms with Crippen LogP contribution in [0, 0.1) is 10.1 Å². The van der Waals surface area contributed by atoms with Crippen molar-refractivity contribution in [3.63, 3.8) is 0 Å². The molecule has 1 saturated carbocycles. The zero-order valence-corrected chi connectivity index (χ0v) is 11.6. The van der Waals surface area contributed by atoms with E-state index in [1.807, 2.05) is 0 Å². The second-order valence-corrected chi connectivity index (χ2v) is 5.66. The van der Waals surface area contributed by atoms with Gasteiger partial charge in [-0.15, -0.1) is 0 Å². The van der Waals surface area contributed by atoms with Crippen molar-refractivity contribution in [3.8, 4) is 0 Å². The number of nitrogens with zero attached hydrogens (tertiary/aromatic N) is 1. The molecule has 2 rings (SSSR count). The van der Waals surface area contributed by atoms with Gasteiger partial charge in [-0.3, -0.25) is 14.9 Å². The van der Waals surface area contributed by atoms with E-state index in [2.05, 4.69) is 21.2 Å². The number of halogens is 1. The fourth-order valence-electron chi connectivity index (χ4n) is 2.29. The van der Waals surface area contributed by atoms with E-state index < -0.39 is 16.4 Å². The summed E-state index contributed by atoms with van der Waals surface area (Å²) in [6.45, 7) is 0. The third-order valence-electron chi connectivity index (χ3n) is 3.36. The van der Waals surface area contributed by atoms with Crippen LogP contribution in [0.15, 0.2) is 22.7 Å². The summed E-state index contributed by atoms with van der Waals surface area (Å²) in [6.07, 6.45) is 2.34. The first-order valence-electron chi connectivity index (χ1n) is 5.86. The number of benzene rings is 1. The van der Waals surface area contributed by atoms with E-state index in [0.29, 0.717) is 23.0 Å². The zero-order chi connectivity index (χ0) is 14.0. The predicted octanol–water partition coefficient (Wildman–Crippen LogP) is 3.17. The smallest absolute Gasteiger partial charge is 0.305 e. The van der Waals surface area contributed by atoms with E-state index in [4.69, 9.17) is 5.11 Å². The molecule has 0 radical (unpaired) electrons. The van der Waals surface area contributed by atoms with E-state index in [9.17, 15) is 14.9 Å².